The molecule has 98 valence electrons. The lowest BCUT2D eigenvalue weighted by molar-refractivity contribution is -0.125. The molecule has 1 aromatic rings. The van der Waals surface area contributed by atoms with Gasteiger partial charge in [-0.25, -0.2) is 0 Å². The van der Waals surface area contributed by atoms with Gasteiger partial charge in [-0.3, -0.25) is 0 Å². The number of nitrogens with zero attached hydrogens (tertiary/aromatic N) is 1. The van der Waals surface area contributed by atoms with E-state index in [1.165, 1.54) is 0 Å². The highest BCUT2D eigenvalue weighted by Crippen LogP contribution is 2.38. The summed E-state index contributed by atoms with van der Waals surface area (Å²) in [6.07, 6.45) is -3.77. The molecule has 6 heteroatoms. The van der Waals surface area contributed by atoms with Gasteiger partial charge in [0.2, 0.25) is 11.6 Å². The number of halogens is 3. The molecular formula is C13H9F3N2O. The van der Waals surface area contributed by atoms with Crippen molar-refractivity contribution in [1.82, 2.24) is 0 Å². The van der Waals surface area contributed by atoms with Crippen molar-refractivity contribution in [2.75, 3.05) is 0 Å². The van der Waals surface area contributed by atoms with E-state index in [4.69, 9.17) is 11.0 Å². The predicted octanol–water partition coefficient (Wildman–Crippen LogP) is 2.94. The number of nitrogens with two attached hydrogens (primary N) is 1. The van der Waals surface area contributed by atoms with Crippen LogP contribution in [0.4, 0.5) is 13.2 Å². The van der Waals surface area contributed by atoms with Crippen LogP contribution in [0.2, 0.25) is 0 Å². The highest BCUT2D eigenvalue weighted by atomic mass is 19.4. The van der Waals surface area contributed by atoms with Crippen molar-refractivity contribution in [3.63, 3.8) is 0 Å². The first-order chi connectivity index (χ1) is 8.93. The normalized spacial score (nSPS) is 19.5. The topological polar surface area (TPSA) is 59.0 Å². The van der Waals surface area contributed by atoms with Crippen LogP contribution in [0.5, 0.6) is 0 Å². The summed E-state index contributed by atoms with van der Waals surface area (Å²) in [6.45, 7) is 0. The molecule has 1 unspecified atom stereocenters. The molecule has 1 heterocycles. The molecule has 0 radical (unpaired) electrons. The quantitative estimate of drug-likeness (QED) is 0.850. The van der Waals surface area contributed by atoms with Crippen molar-refractivity contribution < 1.29 is 17.9 Å². The van der Waals surface area contributed by atoms with E-state index in [-0.39, 0.29) is 5.57 Å². The lowest BCUT2D eigenvalue weighted by atomic mass is 9.90. The average molecular weight is 266 g/mol. The Morgan fingerprint density at radius 2 is 1.84 bits per heavy atom. The Bertz CT molecular complexity index is 582. The van der Waals surface area contributed by atoms with Gasteiger partial charge < -0.3 is 10.5 Å². The minimum Gasteiger partial charge on any atom is -0.436 e. The zero-order valence-electron chi connectivity index (χ0n) is 9.61. The third kappa shape index (κ3) is 2.55. The highest BCUT2D eigenvalue weighted by molar-refractivity contribution is 5.44. The van der Waals surface area contributed by atoms with Crippen LogP contribution in [0, 0.1) is 11.3 Å². The summed E-state index contributed by atoms with van der Waals surface area (Å²) < 4.78 is 42.5. The molecule has 0 saturated carbocycles. The van der Waals surface area contributed by atoms with Gasteiger partial charge in [-0.1, -0.05) is 30.3 Å². The van der Waals surface area contributed by atoms with Crippen molar-refractivity contribution in [1.29, 1.82) is 5.26 Å². The van der Waals surface area contributed by atoms with Crippen LogP contribution in [0.25, 0.3) is 0 Å². The third-order valence-corrected chi connectivity index (χ3v) is 2.67. The Hall–Kier alpha value is -2.42. The fraction of sp³-hybridized carbons (Fsp3) is 0.154. The molecule has 0 aromatic heterocycles. The van der Waals surface area contributed by atoms with Crippen LogP contribution in [0.1, 0.15) is 11.5 Å². The molecule has 0 fully saturated rings. The molecule has 2 N–H and O–H groups in total. The number of hydrogen-bond acceptors (Lipinski definition) is 3. The Labute approximate surface area is 107 Å². The summed E-state index contributed by atoms with van der Waals surface area (Å²) in [7, 11) is 0. The van der Waals surface area contributed by atoms with Crippen LogP contribution in [-0.4, -0.2) is 6.18 Å². The van der Waals surface area contributed by atoms with E-state index in [9.17, 15) is 13.2 Å². The Kier molecular flexibility index (Phi) is 3.21. The van der Waals surface area contributed by atoms with E-state index in [1.54, 1.807) is 36.4 Å². The number of rotatable bonds is 1. The standard InChI is InChI=1S/C13H9F3N2O/c14-13(15,16)11-6-9(8-4-2-1-3-5-8)10(7-17)12(18)19-11/h1-6,9H,18H2. The molecule has 1 aromatic carbocycles. The van der Waals surface area contributed by atoms with E-state index < -0.39 is 23.7 Å². The third-order valence-electron chi connectivity index (χ3n) is 2.67. The van der Waals surface area contributed by atoms with Gasteiger partial charge in [-0.2, -0.15) is 18.4 Å². The zero-order valence-corrected chi connectivity index (χ0v) is 9.61. The van der Waals surface area contributed by atoms with Crippen LogP contribution in [0.3, 0.4) is 0 Å². The van der Waals surface area contributed by atoms with E-state index in [0.717, 1.165) is 6.08 Å². The number of alkyl halides is 3. The van der Waals surface area contributed by atoms with Gasteiger partial charge in [0, 0.05) is 5.92 Å². The van der Waals surface area contributed by atoms with Crippen molar-refractivity contribution in [3.05, 3.63) is 59.2 Å². The van der Waals surface area contributed by atoms with Crippen molar-refractivity contribution in [3.8, 4) is 6.07 Å². The number of hydrogen-bond donors (Lipinski definition) is 1. The molecule has 3 nitrogen and oxygen atoms in total. The summed E-state index contributed by atoms with van der Waals surface area (Å²) in [5.41, 5.74) is 5.92. The first kappa shape index (κ1) is 13.0. The molecule has 1 atom stereocenters. The van der Waals surface area contributed by atoms with Gasteiger partial charge in [0.15, 0.2) is 0 Å². The van der Waals surface area contributed by atoms with Gasteiger partial charge in [0.1, 0.15) is 11.6 Å². The molecular weight excluding hydrogens is 257 g/mol. The zero-order chi connectivity index (χ0) is 14.0. The lowest BCUT2D eigenvalue weighted by Gasteiger charge is -2.23. The van der Waals surface area contributed by atoms with E-state index >= 15 is 0 Å². The average Bonchev–Trinajstić information content (AvgIpc) is 2.37. The fourth-order valence-corrected chi connectivity index (χ4v) is 1.80. The second-order valence-corrected chi connectivity index (χ2v) is 3.91. The fourth-order valence-electron chi connectivity index (χ4n) is 1.80. The number of ether oxygens (including phenoxy) is 1. The van der Waals surface area contributed by atoms with Crippen LogP contribution in [0.15, 0.2) is 53.6 Å². The molecule has 0 bridgehead atoms. The Morgan fingerprint density at radius 3 is 2.37 bits per heavy atom. The lowest BCUT2D eigenvalue weighted by Crippen LogP contribution is -2.24. The van der Waals surface area contributed by atoms with Gasteiger partial charge in [-0.05, 0) is 11.6 Å². The summed E-state index contributed by atoms with van der Waals surface area (Å²) in [5.74, 6) is -2.55. The van der Waals surface area contributed by atoms with E-state index in [0.29, 0.717) is 5.56 Å². The van der Waals surface area contributed by atoms with Gasteiger partial charge in [-0.15, -0.1) is 0 Å². The van der Waals surface area contributed by atoms with Crippen LogP contribution >= 0.6 is 0 Å². The SMILES string of the molecule is N#CC1=C(N)OC(C(F)(F)F)=CC1c1ccccc1. The number of allylic oxidation sites excluding steroid dienone is 3. The Balaban J connectivity index is 2.50. The largest absolute Gasteiger partial charge is 0.449 e. The number of benzene rings is 1. The maximum atomic E-state index is 12.7. The summed E-state index contributed by atoms with van der Waals surface area (Å²) >= 11 is 0. The summed E-state index contributed by atoms with van der Waals surface area (Å²) in [4.78, 5) is 0. The number of nitriles is 1. The van der Waals surface area contributed by atoms with Gasteiger partial charge in [0.05, 0.1) is 0 Å². The minimum absolute atomic E-state index is 0.0285. The van der Waals surface area contributed by atoms with E-state index in [1.807, 2.05) is 0 Å². The molecule has 2 rings (SSSR count). The molecule has 0 amide bonds. The van der Waals surface area contributed by atoms with Crippen molar-refractivity contribution in [2.24, 2.45) is 5.73 Å². The second kappa shape index (κ2) is 4.69. The van der Waals surface area contributed by atoms with Gasteiger partial charge in [0.25, 0.3) is 0 Å². The van der Waals surface area contributed by atoms with Crippen LogP contribution < -0.4 is 5.73 Å². The second-order valence-electron chi connectivity index (χ2n) is 3.91. The molecule has 0 saturated heterocycles. The van der Waals surface area contributed by atoms with Crippen LogP contribution in [-0.2, 0) is 4.74 Å². The first-order valence-electron chi connectivity index (χ1n) is 5.35. The summed E-state index contributed by atoms with van der Waals surface area (Å²) in [5, 5.41) is 9.00. The Morgan fingerprint density at radius 1 is 1.21 bits per heavy atom. The van der Waals surface area contributed by atoms with E-state index in [2.05, 4.69) is 4.74 Å². The highest BCUT2D eigenvalue weighted by Gasteiger charge is 2.40. The van der Waals surface area contributed by atoms with Gasteiger partial charge >= 0.3 is 6.18 Å². The molecule has 1 aliphatic heterocycles. The molecule has 0 spiro atoms. The molecule has 1 aliphatic rings. The predicted molar refractivity (Wildman–Crippen MR) is 61.2 cm³/mol. The maximum Gasteiger partial charge on any atom is 0.449 e. The first-order valence-corrected chi connectivity index (χ1v) is 5.35. The maximum absolute atomic E-state index is 12.7. The summed E-state index contributed by atoms with van der Waals surface area (Å²) in [6, 6.07) is 10.1. The monoisotopic (exact) mass is 266 g/mol. The molecule has 19 heavy (non-hydrogen) atoms. The van der Waals surface area contributed by atoms with Crippen molar-refractivity contribution >= 4 is 0 Å². The van der Waals surface area contributed by atoms with Crippen molar-refractivity contribution in [2.45, 2.75) is 12.1 Å². The smallest absolute Gasteiger partial charge is 0.436 e. The molecule has 0 aliphatic carbocycles. The minimum atomic E-state index is -4.64.